The van der Waals surface area contributed by atoms with E-state index in [1.54, 1.807) is 41.3 Å². The number of hydrogen-bond donors (Lipinski definition) is 1. The fourth-order valence-electron chi connectivity index (χ4n) is 2.98. The maximum atomic E-state index is 12.4. The van der Waals surface area contributed by atoms with Gasteiger partial charge in [0.15, 0.2) is 0 Å². The fraction of sp³-hybridized carbons (Fsp3) is 0.278. The first-order valence-electron chi connectivity index (χ1n) is 7.86. The molecule has 0 saturated carbocycles. The van der Waals surface area contributed by atoms with Crippen molar-refractivity contribution in [1.29, 1.82) is 0 Å². The van der Waals surface area contributed by atoms with E-state index in [-0.39, 0.29) is 22.6 Å². The Morgan fingerprint density at radius 2 is 1.96 bits per heavy atom. The Labute approximate surface area is 140 Å². The number of amides is 1. The number of hydrogen-bond acceptors (Lipinski definition) is 4. The van der Waals surface area contributed by atoms with E-state index in [4.69, 9.17) is 5.73 Å². The fourth-order valence-corrected chi connectivity index (χ4v) is 2.98. The van der Waals surface area contributed by atoms with Gasteiger partial charge in [0.1, 0.15) is 0 Å². The zero-order chi connectivity index (χ0) is 17.3. The van der Waals surface area contributed by atoms with Gasteiger partial charge in [0.25, 0.3) is 11.6 Å². The average molecular weight is 325 g/mol. The van der Waals surface area contributed by atoms with Gasteiger partial charge in [0, 0.05) is 30.8 Å². The highest BCUT2D eigenvalue weighted by atomic mass is 16.6. The van der Waals surface area contributed by atoms with E-state index in [1.807, 2.05) is 13.0 Å². The van der Waals surface area contributed by atoms with Gasteiger partial charge in [0.05, 0.1) is 10.5 Å². The van der Waals surface area contributed by atoms with Gasteiger partial charge in [-0.05, 0) is 42.7 Å². The van der Waals surface area contributed by atoms with E-state index in [2.05, 4.69) is 0 Å². The second-order valence-corrected chi connectivity index (χ2v) is 6.15. The van der Waals surface area contributed by atoms with Crippen LogP contribution in [0.5, 0.6) is 0 Å². The number of nitro benzene ring substituents is 1. The SMILES string of the molecule is Cc1ccc(-c2ccc(C(=O)N3CC[C@H](N)C3)cc2)c([N+](=O)[O-])c1. The number of nitrogens with two attached hydrogens (primary N) is 1. The van der Waals surface area contributed by atoms with E-state index in [0.717, 1.165) is 17.5 Å². The first-order chi connectivity index (χ1) is 11.5. The summed E-state index contributed by atoms with van der Waals surface area (Å²) in [6.07, 6.45) is 0.819. The standard InChI is InChI=1S/C18H19N3O3/c1-12-2-7-16(17(10-12)21(23)24)13-3-5-14(6-4-13)18(22)20-9-8-15(19)11-20/h2-7,10,15H,8-9,11,19H2,1H3/t15-/m0/s1. The Kier molecular flexibility index (Phi) is 4.31. The third-order valence-corrected chi connectivity index (χ3v) is 4.30. The molecule has 1 fully saturated rings. The lowest BCUT2D eigenvalue weighted by Crippen LogP contribution is -2.31. The van der Waals surface area contributed by atoms with Crippen molar-refractivity contribution < 1.29 is 9.72 Å². The molecule has 0 unspecified atom stereocenters. The summed E-state index contributed by atoms with van der Waals surface area (Å²) < 4.78 is 0. The van der Waals surface area contributed by atoms with Gasteiger partial charge < -0.3 is 10.6 Å². The predicted octanol–water partition coefficient (Wildman–Crippen LogP) is 2.74. The van der Waals surface area contributed by atoms with Crippen LogP contribution in [-0.4, -0.2) is 34.9 Å². The molecule has 2 aromatic rings. The number of likely N-dealkylation sites (tertiary alicyclic amines) is 1. The van der Waals surface area contributed by atoms with Gasteiger partial charge in [0.2, 0.25) is 0 Å². The zero-order valence-electron chi connectivity index (χ0n) is 13.4. The van der Waals surface area contributed by atoms with Crippen molar-refractivity contribution >= 4 is 11.6 Å². The van der Waals surface area contributed by atoms with Crippen molar-refractivity contribution in [3.05, 3.63) is 63.7 Å². The molecule has 0 aliphatic carbocycles. The zero-order valence-corrected chi connectivity index (χ0v) is 13.4. The summed E-state index contributed by atoms with van der Waals surface area (Å²) in [5.41, 5.74) is 8.58. The number of nitrogens with zero attached hydrogens (tertiary/aromatic N) is 2. The lowest BCUT2D eigenvalue weighted by atomic mass is 10.0. The van der Waals surface area contributed by atoms with Crippen LogP contribution in [-0.2, 0) is 0 Å². The third-order valence-electron chi connectivity index (χ3n) is 4.30. The molecule has 0 bridgehead atoms. The van der Waals surface area contributed by atoms with Gasteiger partial charge in [-0.3, -0.25) is 14.9 Å². The highest BCUT2D eigenvalue weighted by Gasteiger charge is 2.24. The van der Waals surface area contributed by atoms with E-state index < -0.39 is 0 Å². The van der Waals surface area contributed by atoms with Crippen LogP contribution in [0.15, 0.2) is 42.5 Å². The highest BCUT2D eigenvalue weighted by molar-refractivity contribution is 5.95. The molecule has 1 saturated heterocycles. The van der Waals surface area contributed by atoms with Crippen LogP contribution >= 0.6 is 0 Å². The molecule has 0 radical (unpaired) electrons. The van der Waals surface area contributed by atoms with Crippen LogP contribution in [0.4, 0.5) is 5.69 Å². The molecule has 24 heavy (non-hydrogen) atoms. The summed E-state index contributed by atoms with van der Waals surface area (Å²) in [5.74, 6) is -0.0482. The van der Waals surface area contributed by atoms with Crippen molar-refractivity contribution in [1.82, 2.24) is 4.90 Å². The second-order valence-electron chi connectivity index (χ2n) is 6.15. The Hall–Kier alpha value is -2.73. The normalized spacial score (nSPS) is 17.1. The summed E-state index contributed by atoms with van der Waals surface area (Å²) in [7, 11) is 0. The highest BCUT2D eigenvalue weighted by Crippen LogP contribution is 2.31. The first-order valence-corrected chi connectivity index (χ1v) is 7.86. The quantitative estimate of drug-likeness (QED) is 0.694. The van der Waals surface area contributed by atoms with Crippen molar-refractivity contribution in [2.24, 2.45) is 5.73 Å². The van der Waals surface area contributed by atoms with Gasteiger partial charge in [-0.2, -0.15) is 0 Å². The summed E-state index contributed by atoms with van der Waals surface area (Å²) >= 11 is 0. The summed E-state index contributed by atoms with van der Waals surface area (Å²) in [5, 5.41) is 11.3. The molecular weight excluding hydrogens is 306 g/mol. The molecule has 1 amide bonds. The smallest absolute Gasteiger partial charge is 0.277 e. The van der Waals surface area contributed by atoms with Crippen molar-refractivity contribution in [2.75, 3.05) is 13.1 Å². The van der Waals surface area contributed by atoms with Crippen molar-refractivity contribution in [2.45, 2.75) is 19.4 Å². The van der Waals surface area contributed by atoms with Gasteiger partial charge >= 0.3 is 0 Å². The van der Waals surface area contributed by atoms with Gasteiger partial charge in [-0.25, -0.2) is 0 Å². The second kappa shape index (κ2) is 6.41. The largest absolute Gasteiger partial charge is 0.337 e. The Morgan fingerprint density at radius 1 is 1.25 bits per heavy atom. The number of aryl methyl sites for hydroxylation is 1. The molecule has 3 rings (SSSR count). The first kappa shape index (κ1) is 16.1. The Balaban J connectivity index is 1.88. The summed E-state index contributed by atoms with van der Waals surface area (Å²) in [6.45, 7) is 3.06. The minimum Gasteiger partial charge on any atom is -0.337 e. The summed E-state index contributed by atoms with van der Waals surface area (Å²) in [4.78, 5) is 25.0. The van der Waals surface area contributed by atoms with Gasteiger partial charge in [-0.15, -0.1) is 0 Å². The Bertz CT molecular complexity index is 787. The minimum atomic E-state index is -0.382. The van der Waals surface area contributed by atoms with E-state index >= 15 is 0 Å². The van der Waals surface area contributed by atoms with Crippen LogP contribution < -0.4 is 5.73 Å². The molecule has 1 atom stereocenters. The van der Waals surface area contributed by atoms with Crippen LogP contribution in [0.2, 0.25) is 0 Å². The lowest BCUT2D eigenvalue weighted by Gasteiger charge is -2.16. The van der Waals surface area contributed by atoms with Crippen molar-refractivity contribution in [3.63, 3.8) is 0 Å². The van der Waals surface area contributed by atoms with Crippen LogP contribution in [0.3, 0.4) is 0 Å². The van der Waals surface area contributed by atoms with E-state index in [1.165, 1.54) is 0 Å². The molecule has 1 aliphatic rings. The lowest BCUT2D eigenvalue weighted by molar-refractivity contribution is -0.384. The van der Waals surface area contributed by atoms with Gasteiger partial charge in [-0.1, -0.05) is 18.2 Å². The molecule has 1 aliphatic heterocycles. The maximum Gasteiger partial charge on any atom is 0.277 e. The Morgan fingerprint density at radius 3 is 2.54 bits per heavy atom. The molecule has 124 valence electrons. The number of nitro groups is 1. The van der Waals surface area contributed by atoms with Crippen LogP contribution in [0.1, 0.15) is 22.3 Å². The number of carbonyl (C=O) groups is 1. The van der Waals surface area contributed by atoms with Crippen molar-refractivity contribution in [3.8, 4) is 11.1 Å². The number of rotatable bonds is 3. The number of benzene rings is 2. The molecule has 2 aromatic carbocycles. The van der Waals surface area contributed by atoms with E-state index in [9.17, 15) is 14.9 Å². The minimum absolute atomic E-state index is 0.0448. The molecular formula is C18H19N3O3. The molecule has 2 N–H and O–H groups in total. The predicted molar refractivity (Wildman–Crippen MR) is 91.8 cm³/mol. The van der Waals surface area contributed by atoms with Crippen LogP contribution in [0, 0.1) is 17.0 Å². The molecule has 1 heterocycles. The summed E-state index contributed by atoms with van der Waals surface area (Å²) in [6, 6.07) is 12.1. The topological polar surface area (TPSA) is 89.5 Å². The monoisotopic (exact) mass is 325 g/mol. The molecule has 0 spiro atoms. The molecule has 6 nitrogen and oxygen atoms in total. The molecule has 6 heteroatoms. The number of carbonyl (C=O) groups excluding carboxylic acids is 1. The maximum absolute atomic E-state index is 12.4. The van der Waals surface area contributed by atoms with Crippen LogP contribution in [0.25, 0.3) is 11.1 Å². The average Bonchev–Trinajstić information content (AvgIpc) is 3.01. The third kappa shape index (κ3) is 3.14. The molecule has 0 aromatic heterocycles. The van der Waals surface area contributed by atoms with E-state index in [0.29, 0.717) is 24.2 Å².